The first-order valence-corrected chi connectivity index (χ1v) is 7.69. The van der Waals surface area contributed by atoms with Crippen molar-refractivity contribution in [3.05, 3.63) is 41.7 Å². The Morgan fingerprint density at radius 1 is 1.16 bits per heavy atom. The minimum atomic E-state index is 0.541. The van der Waals surface area contributed by atoms with Gasteiger partial charge in [0.05, 0.1) is 17.1 Å². The fourth-order valence-corrected chi connectivity index (χ4v) is 2.58. The molecule has 0 radical (unpaired) electrons. The first-order valence-electron chi connectivity index (χ1n) is 6.57. The summed E-state index contributed by atoms with van der Waals surface area (Å²) in [5.74, 6) is 1.34. The smallest absolute Gasteiger partial charge is 0.159 e. The summed E-state index contributed by atoms with van der Waals surface area (Å²) < 4.78 is 0. The van der Waals surface area contributed by atoms with Gasteiger partial charge in [-0.1, -0.05) is 46.3 Å². The molecule has 1 aliphatic rings. The fraction of sp³-hybridized carbons (Fsp3) is 0.333. The summed E-state index contributed by atoms with van der Waals surface area (Å²) in [6, 6.07) is 10.1. The van der Waals surface area contributed by atoms with Gasteiger partial charge in [-0.05, 0) is 12.8 Å². The monoisotopic (exact) mass is 317 g/mol. The molecule has 0 aliphatic heterocycles. The van der Waals surface area contributed by atoms with Crippen molar-refractivity contribution in [1.82, 2.24) is 9.97 Å². The molecule has 0 spiro atoms. The van der Waals surface area contributed by atoms with Gasteiger partial charge in [-0.25, -0.2) is 9.97 Å². The number of benzene rings is 1. The lowest BCUT2D eigenvalue weighted by molar-refractivity contribution is 0.950. The molecule has 4 heteroatoms. The Hall–Kier alpha value is -1.42. The van der Waals surface area contributed by atoms with Crippen LogP contribution in [0.3, 0.4) is 0 Å². The number of nitrogens with zero attached hydrogens (tertiary/aromatic N) is 2. The number of rotatable bonds is 4. The second-order valence-corrected chi connectivity index (χ2v) is 5.67. The highest BCUT2D eigenvalue weighted by atomic mass is 79.9. The molecule has 1 heterocycles. The number of aryl methyl sites for hydroxylation is 1. The summed E-state index contributed by atoms with van der Waals surface area (Å²) in [5, 5.41) is 0.868. The van der Waals surface area contributed by atoms with E-state index in [2.05, 4.69) is 20.9 Å². The molecular formula is C15H16BrN3. The van der Waals surface area contributed by atoms with E-state index in [4.69, 9.17) is 10.7 Å². The van der Waals surface area contributed by atoms with E-state index in [0.29, 0.717) is 5.92 Å². The van der Waals surface area contributed by atoms with Crippen LogP contribution in [0, 0.1) is 0 Å². The third kappa shape index (κ3) is 2.63. The van der Waals surface area contributed by atoms with Gasteiger partial charge in [0.15, 0.2) is 5.82 Å². The van der Waals surface area contributed by atoms with Crippen molar-refractivity contribution < 1.29 is 0 Å². The Kier molecular flexibility index (Phi) is 3.51. The molecule has 0 unspecified atom stereocenters. The number of aromatic nitrogens is 2. The van der Waals surface area contributed by atoms with Crippen LogP contribution in [-0.4, -0.2) is 15.3 Å². The van der Waals surface area contributed by atoms with Crippen molar-refractivity contribution >= 4 is 21.6 Å². The maximum Gasteiger partial charge on any atom is 0.159 e. The minimum Gasteiger partial charge on any atom is -0.396 e. The van der Waals surface area contributed by atoms with Crippen molar-refractivity contribution in [2.24, 2.45) is 0 Å². The number of hydrogen-bond acceptors (Lipinski definition) is 3. The zero-order valence-electron chi connectivity index (χ0n) is 10.6. The molecule has 1 saturated carbocycles. The van der Waals surface area contributed by atoms with Crippen molar-refractivity contribution in [3.63, 3.8) is 0 Å². The van der Waals surface area contributed by atoms with Crippen molar-refractivity contribution in [2.75, 3.05) is 11.1 Å². The normalized spacial score (nSPS) is 14.6. The van der Waals surface area contributed by atoms with Gasteiger partial charge in [-0.2, -0.15) is 0 Å². The second-order valence-electron chi connectivity index (χ2n) is 4.87. The molecule has 0 bridgehead atoms. The Labute approximate surface area is 121 Å². The van der Waals surface area contributed by atoms with E-state index in [9.17, 15) is 0 Å². The highest BCUT2D eigenvalue weighted by Crippen LogP contribution is 2.42. The first-order chi connectivity index (χ1) is 9.29. The fourth-order valence-electron chi connectivity index (χ4n) is 2.20. The van der Waals surface area contributed by atoms with Gasteiger partial charge in [0.2, 0.25) is 0 Å². The Morgan fingerprint density at radius 2 is 1.89 bits per heavy atom. The van der Waals surface area contributed by atoms with Gasteiger partial charge in [0, 0.05) is 23.2 Å². The van der Waals surface area contributed by atoms with Crippen molar-refractivity contribution in [3.8, 4) is 11.4 Å². The Balaban J connectivity index is 2.09. The van der Waals surface area contributed by atoms with E-state index in [1.807, 2.05) is 30.3 Å². The largest absolute Gasteiger partial charge is 0.396 e. The predicted octanol–water partition coefficient (Wildman–Crippen LogP) is 3.54. The highest BCUT2D eigenvalue weighted by Gasteiger charge is 2.29. The maximum absolute atomic E-state index is 6.21. The van der Waals surface area contributed by atoms with Crippen LogP contribution in [0.5, 0.6) is 0 Å². The zero-order chi connectivity index (χ0) is 13.2. The third-order valence-electron chi connectivity index (χ3n) is 3.38. The summed E-state index contributed by atoms with van der Waals surface area (Å²) >= 11 is 3.46. The van der Waals surface area contributed by atoms with Crippen LogP contribution < -0.4 is 5.73 Å². The van der Waals surface area contributed by atoms with Crippen LogP contribution in [0.25, 0.3) is 11.4 Å². The molecule has 98 valence electrons. The summed E-state index contributed by atoms with van der Waals surface area (Å²) in [6.45, 7) is 0. The molecule has 3 rings (SSSR count). The molecule has 1 aromatic carbocycles. The topological polar surface area (TPSA) is 51.8 Å². The Morgan fingerprint density at radius 3 is 2.53 bits per heavy atom. The molecule has 1 aliphatic carbocycles. The number of hydrogen-bond donors (Lipinski definition) is 1. The van der Waals surface area contributed by atoms with E-state index in [-0.39, 0.29) is 0 Å². The number of halogens is 1. The number of nitrogens with two attached hydrogens (primary N) is 1. The zero-order valence-corrected chi connectivity index (χ0v) is 12.2. The van der Waals surface area contributed by atoms with Crippen molar-refractivity contribution in [2.45, 2.75) is 25.2 Å². The minimum absolute atomic E-state index is 0.541. The van der Waals surface area contributed by atoms with Gasteiger partial charge in [-0.15, -0.1) is 0 Å². The summed E-state index contributed by atoms with van der Waals surface area (Å²) in [5.41, 5.74) is 10.1. The van der Waals surface area contributed by atoms with Gasteiger partial charge in [0.1, 0.15) is 0 Å². The van der Waals surface area contributed by atoms with Crippen molar-refractivity contribution in [1.29, 1.82) is 0 Å². The third-order valence-corrected chi connectivity index (χ3v) is 3.78. The predicted molar refractivity (Wildman–Crippen MR) is 81.4 cm³/mol. The summed E-state index contributed by atoms with van der Waals surface area (Å²) in [7, 11) is 0. The van der Waals surface area contributed by atoms with Gasteiger partial charge in [0.25, 0.3) is 0 Å². The molecule has 2 N–H and O–H groups in total. The molecule has 0 atom stereocenters. The van der Waals surface area contributed by atoms with Crippen LogP contribution >= 0.6 is 15.9 Å². The van der Waals surface area contributed by atoms with Gasteiger partial charge in [-0.3, -0.25) is 0 Å². The van der Waals surface area contributed by atoms with Crippen LogP contribution in [0.15, 0.2) is 30.3 Å². The van der Waals surface area contributed by atoms with E-state index < -0.39 is 0 Å². The maximum atomic E-state index is 6.21. The lowest BCUT2D eigenvalue weighted by atomic mass is 10.1. The number of anilines is 1. The van der Waals surface area contributed by atoms with E-state index in [0.717, 1.165) is 40.2 Å². The van der Waals surface area contributed by atoms with E-state index in [1.165, 1.54) is 12.8 Å². The summed E-state index contributed by atoms with van der Waals surface area (Å²) in [6.07, 6.45) is 3.24. The molecule has 1 fully saturated rings. The van der Waals surface area contributed by atoms with Gasteiger partial charge >= 0.3 is 0 Å². The SMILES string of the molecule is Nc1c(CCBr)nc(-c2ccccc2)nc1C1CC1. The van der Waals surface area contributed by atoms with E-state index in [1.54, 1.807) is 0 Å². The first kappa shape index (κ1) is 12.6. The number of nitrogen functional groups attached to an aromatic ring is 1. The molecule has 3 nitrogen and oxygen atoms in total. The standard InChI is InChI=1S/C15H16BrN3/c16-9-8-12-13(17)14(10-6-7-10)19-15(18-12)11-4-2-1-3-5-11/h1-5,10H,6-9,17H2. The highest BCUT2D eigenvalue weighted by molar-refractivity contribution is 9.09. The van der Waals surface area contributed by atoms with Crippen LogP contribution in [-0.2, 0) is 6.42 Å². The van der Waals surface area contributed by atoms with E-state index >= 15 is 0 Å². The lowest BCUT2D eigenvalue weighted by Gasteiger charge is -2.11. The summed E-state index contributed by atoms with van der Waals surface area (Å²) in [4.78, 5) is 9.33. The molecule has 1 aromatic heterocycles. The lowest BCUT2D eigenvalue weighted by Crippen LogP contribution is -2.07. The quantitative estimate of drug-likeness (QED) is 0.877. The van der Waals surface area contributed by atoms with Crippen LogP contribution in [0.2, 0.25) is 0 Å². The average molecular weight is 318 g/mol. The van der Waals surface area contributed by atoms with Gasteiger partial charge < -0.3 is 5.73 Å². The molecule has 0 saturated heterocycles. The average Bonchev–Trinajstić information content (AvgIpc) is 3.27. The molecule has 0 amide bonds. The Bertz CT molecular complexity index is 579. The molecule has 19 heavy (non-hydrogen) atoms. The second kappa shape index (κ2) is 5.29. The van der Waals surface area contributed by atoms with Crippen LogP contribution in [0.1, 0.15) is 30.1 Å². The molecular weight excluding hydrogens is 302 g/mol. The molecule has 2 aromatic rings. The number of alkyl halides is 1. The van der Waals surface area contributed by atoms with Crippen LogP contribution in [0.4, 0.5) is 5.69 Å².